The van der Waals surface area contributed by atoms with Crippen LogP contribution in [0, 0.1) is 0 Å². The van der Waals surface area contributed by atoms with Crippen LogP contribution >= 0.6 is 0 Å². The summed E-state index contributed by atoms with van der Waals surface area (Å²) in [7, 11) is 3.29. The molecule has 0 saturated heterocycles. The summed E-state index contributed by atoms with van der Waals surface area (Å²) in [4.78, 5) is 0. The van der Waals surface area contributed by atoms with Crippen LogP contribution in [0.5, 0.6) is 0 Å². The smallest absolute Gasteiger partial charge is 0.407 e. The fraction of sp³-hybridized carbons (Fsp3) is 1.00. The van der Waals surface area contributed by atoms with Crippen molar-refractivity contribution in [3.05, 3.63) is 0 Å². The van der Waals surface area contributed by atoms with Crippen molar-refractivity contribution >= 4 is 51.6 Å². The standard InChI is InChI=1S/C10H27NO3Si2.C9H25NO3Si2.C8H23NO3Si2/c1-7-9-16(14-5,10-8-2)11-15(6,12-3)13-4;1-7-8-9-15(12-3,13-4)10-14(5,6)11-2;1-7-14(8-2,12-5)9-13(6,10-3)11-4/h11H,7-10H2,1-6H3;10H,7-9H2,1-6H3;9H,7-8H2,1-6H3. The van der Waals surface area contributed by atoms with E-state index in [0.29, 0.717) is 0 Å². The average Bonchev–Trinajstić information content (AvgIpc) is 3.06. The van der Waals surface area contributed by atoms with Crippen LogP contribution in [0.4, 0.5) is 0 Å². The molecule has 12 nitrogen and oxygen atoms in total. The molecule has 276 valence electrons. The number of rotatable bonds is 24. The molecule has 0 aromatic rings. The molecule has 0 aliphatic carbocycles. The van der Waals surface area contributed by atoms with Crippen LogP contribution in [-0.2, 0) is 39.8 Å². The summed E-state index contributed by atoms with van der Waals surface area (Å²) >= 11 is 0. The molecule has 0 fully saturated rings. The minimum absolute atomic E-state index is 0.969. The minimum Gasteiger partial charge on any atom is -0.407 e. The normalized spacial score (nSPS) is 13.2. The van der Waals surface area contributed by atoms with E-state index in [0.717, 1.165) is 55.9 Å². The monoisotopic (exact) mass is 753 g/mol. The zero-order chi connectivity index (χ0) is 35.8. The van der Waals surface area contributed by atoms with Gasteiger partial charge in [0, 0.05) is 70.0 Å². The predicted octanol–water partition coefficient (Wildman–Crippen LogP) is 5.87. The Hall–Kier alpha value is 0.821. The van der Waals surface area contributed by atoms with E-state index in [9.17, 15) is 0 Å². The average molecular weight is 754 g/mol. The summed E-state index contributed by atoms with van der Waals surface area (Å²) in [5.41, 5.74) is 0. The Morgan fingerprint density at radius 2 is 0.778 bits per heavy atom. The first-order chi connectivity index (χ1) is 21.0. The summed E-state index contributed by atoms with van der Waals surface area (Å²) in [5.74, 6) is 0. The third-order valence-electron chi connectivity index (χ3n) is 8.22. The van der Waals surface area contributed by atoms with Crippen molar-refractivity contribution in [1.82, 2.24) is 13.9 Å². The molecule has 0 aliphatic rings. The van der Waals surface area contributed by atoms with Gasteiger partial charge in [-0.1, -0.05) is 60.3 Å². The van der Waals surface area contributed by atoms with Crippen molar-refractivity contribution < 1.29 is 39.8 Å². The molecule has 0 unspecified atom stereocenters. The van der Waals surface area contributed by atoms with Gasteiger partial charge >= 0.3 is 26.2 Å². The van der Waals surface area contributed by atoms with Crippen LogP contribution in [0.2, 0.25) is 56.4 Å². The third-order valence-corrected chi connectivity index (χ3v) is 32.4. The van der Waals surface area contributed by atoms with Gasteiger partial charge < -0.3 is 39.8 Å². The molecule has 0 heterocycles. The van der Waals surface area contributed by atoms with Crippen LogP contribution in [0.1, 0.15) is 60.3 Å². The Bertz CT molecular complexity index is 691. The number of unbranched alkanes of at least 4 members (excludes halogenated alkanes) is 1. The van der Waals surface area contributed by atoms with Crippen molar-refractivity contribution in [3.63, 3.8) is 0 Å². The van der Waals surface area contributed by atoms with Crippen LogP contribution < -0.4 is 13.9 Å². The highest BCUT2D eigenvalue weighted by Gasteiger charge is 2.44. The summed E-state index contributed by atoms with van der Waals surface area (Å²) in [6, 6.07) is 5.22. The molecule has 0 amide bonds. The second kappa shape index (κ2) is 25.7. The maximum Gasteiger partial charge on any atom is 0.419 e. The molecule has 0 atom stereocenters. The van der Waals surface area contributed by atoms with Gasteiger partial charge in [0.25, 0.3) is 25.4 Å². The Morgan fingerprint density at radius 3 is 1.02 bits per heavy atom. The van der Waals surface area contributed by atoms with Gasteiger partial charge in [0.05, 0.1) is 0 Å². The van der Waals surface area contributed by atoms with Crippen molar-refractivity contribution in [3.8, 4) is 0 Å². The predicted molar refractivity (Wildman–Crippen MR) is 201 cm³/mol. The van der Waals surface area contributed by atoms with E-state index in [1.54, 1.807) is 56.9 Å². The molecule has 0 rings (SSSR count). The molecule has 0 aromatic carbocycles. The highest BCUT2D eigenvalue weighted by atomic mass is 28.4. The maximum atomic E-state index is 5.82. The van der Waals surface area contributed by atoms with Crippen molar-refractivity contribution in [2.45, 2.75) is 117 Å². The van der Waals surface area contributed by atoms with Gasteiger partial charge in [-0.3, -0.25) is 13.9 Å². The molecule has 45 heavy (non-hydrogen) atoms. The molecule has 0 spiro atoms. The van der Waals surface area contributed by atoms with Crippen LogP contribution in [0.3, 0.4) is 0 Å². The highest BCUT2D eigenvalue weighted by Crippen LogP contribution is 2.21. The van der Waals surface area contributed by atoms with E-state index >= 15 is 0 Å². The topological polar surface area (TPSA) is 119 Å². The van der Waals surface area contributed by atoms with Crippen LogP contribution in [0.25, 0.3) is 0 Å². The maximum absolute atomic E-state index is 5.82. The second-order valence-electron chi connectivity index (χ2n) is 11.7. The zero-order valence-electron chi connectivity index (χ0n) is 32.5. The minimum atomic E-state index is -2.24. The van der Waals surface area contributed by atoms with Crippen molar-refractivity contribution in [1.29, 1.82) is 0 Å². The SMILES string of the molecule is CCCC[Si](N[Si](C)(C)OC)(OC)OC.CCC[Si](CCC)(N[Si](C)(OC)OC)OC.CC[Si](CC)(N[Si](C)(OC)OC)OC. The van der Waals surface area contributed by atoms with Crippen molar-refractivity contribution in [2.24, 2.45) is 0 Å². The molecular weight excluding hydrogens is 679 g/mol. The fourth-order valence-corrected chi connectivity index (χ4v) is 26.6. The van der Waals surface area contributed by atoms with Gasteiger partial charge in [0.2, 0.25) is 0 Å². The van der Waals surface area contributed by atoms with Crippen LogP contribution in [0.15, 0.2) is 0 Å². The number of hydrogen-bond donors (Lipinski definition) is 3. The van der Waals surface area contributed by atoms with E-state index in [2.05, 4.69) is 61.7 Å². The largest absolute Gasteiger partial charge is 0.419 e. The first-order valence-electron chi connectivity index (χ1n) is 16.3. The van der Waals surface area contributed by atoms with Crippen LogP contribution in [-0.4, -0.2) is 116 Å². The Morgan fingerprint density at radius 1 is 0.400 bits per heavy atom. The lowest BCUT2D eigenvalue weighted by atomic mass is 10.4. The summed E-state index contributed by atoms with van der Waals surface area (Å²) in [6.07, 6.45) is 4.53. The first kappa shape index (κ1) is 50.2. The molecule has 18 heteroatoms. The van der Waals surface area contributed by atoms with E-state index in [4.69, 9.17) is 39.8 Å². The van der Waals surface area contributed by atoms with E-state index in [1.165, 1.54) is 0 Å². The van der Waals surface area contributed by atoms with Gasteiger partial charge in [0.1, 0.15) is 0 Å². The van der Waals surface area contributed by atoms with Gasteiger partial charge in [-0.2, -0.15) is 0 Å². The summed E-state index contributed by atoms with van der Waals surface area (Å²) in [5, 5.41) is 0. The molecule has 0 aliphatic heterocycles. The Balaban J connectivity index is -0.000000589. The molecule has 3 N–H and O–H groups in total. The second-order valence-corrected chi connectivity index (χ2v) is 33.5. The third kappa shape index (κ3) is 19.6. The zero-order valence-corrected chi connectivity index (χ0v) is 38.5. The lowest BCUT2D eigenvalue weighted by Crippen LogP contribution is -2.66. The highest BCUT2D eigenvalue weighted by molar-refractivity contribution is 6.85. The molecular formula is C27H75N3O9Si6. The van der Waals surface area contributed by atoms with Gasteiger partial charge in [-0.15, -0.1) is 0 Å². The fourth-order valence-electron chi connectivity index (χ4n) is 4.65. The molecule has 0 radical (unpaired) electrons. The van der Waals surface area contributed by atoms with E-state index < -0.39 is 51.6 Å². The number of hydrogen-bond acceptors (Lipinski definition) is 12. The first-order valence-corrected chi connectivity index (χ1v) is 30.5. The summed E-state index contributed by atoms with van der Waals surface area (Å²) < 4.78 is 60.5. The molecule has 0 saturated carbocycles. The molecule has 0 bridgehead atoms. The lowest BCUT2D eigenvalue weighted by molar-refractivity contribution is 0.230. The summed E-state index contributed by atoms with van der Waals surface area (Å²) in [6.45, 7) is 19.1. The van der Waals surface area contributed by atoms with E-state index in [1.807, 2.05) is 20.2 Å². The van der Waals surface area contributed by atoms with Crippen molar-refractivity contribution in [2.75, 3.05) is 64.0 Å². The van der Waals surface area contributed by atoms with Gasteiger partial charge in [-0.25, -0.2) is 0 Å². The molecule has 0 aromatic heterocycles. The lowest BCUT2D eigenvalue weighted by Gasteiger charge is -2.36. The van der Waals surface area contributed by atoms with E-state index in [-0.39, 0.29) is 0 Å². The van der Waals surface area contributed by atoms with Gasteiger partial charge in [0.15, 0.2) is 0 Å². The Kier molecular flexibility index (Phi) is 28.7. The Labute approximate surface area is 285 Å². The van der Waals surface area contributed by atoms with Gasteiger partial charge in [-0.05, 0) is 50.4 Å². The quantitative estimate of drug-likeness (QED) is 0.102. The number of nitrogens with one attached hydrogen (secondary N) is 3.